The second kappa shape index (κ2) is 8.07. The van der Waals surface area contributed by atoms with E-state index in [4.69, 9.17) is 9.84 Å². The van der Waals surface area contributed by atoms with Crippen molar-refractivity contribution >= 4 is 5.91 Å². The molecule has 2 rings (SSSR count). The molecule has 0 aromatic heterocycles. The van der Waals surface area contributed by atoms with Crippen LogP contribution in [0, 0.1) is 5.82 Å². The second-order valence-corrected chi connectivity index (χ2v) is 5.05. The molecule has 1 aliphatic heterocycles. The number of rotatable bonds is 6. The molecule has 1 unspecified atom stereocenters. The number of hydrogen-bond donors (Lipinski definition) is 2. The molecule has 1 fully saturated rings. The molecule has 0 spiro atoms. The van der Waals surface area contributed by atoms with Crippen LogP contribution >= 0.6 is 0 Å². The molecule has 21 heavy (non-hydrogen) atoms. The predicted molar refractivity (Wildman–Crippen MR) is 76.1 cm³/mol. The van der Waals surface area contributed by atoms with Gasteiger partial charge in [0.1, 0.15) is 11.9 Å². The summed E-state index contributed by atoms with van der Waals surface area (Å²) in [5.74, 6) is -0.391. The lowest BCUT2D eigenvalue weighted by Gasteiger charge is -2.34. The van der Waals surface area contributed by atoms with Crippen LogP contribution in [-0.2, 0) is 16.1 Å². The van der Waals surface area contributed by atoms with Crippen molar-refractivity contribution in [3.05, 3.63) is 35.6 Å². The van der Waals surface area contributed by atoms with Crippen LogP contribution in [0.5, 0.6) is 0 Å². The number of benzene rings is 1. The Labute approximate surface area is 123 Å². The van der Waals surface area contributed by atoms with E-state index in [0.717, 1.165) is 5.56 Å². The Balaban J connectivity index is 1.86. The van der Waals surface area contributed by atoms with E-state index < -0.39 is 0 Å². The molecule has 116 valence electrons. The van der Waals surface area contributed by atoms with E-state index in [2.05, 4.69) is 5.32 Å². The molecule has 1 aromatic carbocycles. The van der Waals surface area contributed by atoms with Crippen molar-refractivity contribution in [2.45, 2.75) is 19.0 Å². The standard InChI is InChI=1S/C15H21FN2O3/c16-13-4-2-12(3-5-13)10-17-15(20)14-11-21-9-7-18(14)6-1-8-19/h2-5,14,19H,1,6-11H2,(H,17,20). The number of ether oxygens (including phenoxy) is 1. The lowest BCUT2D eigenvalue weighted by Crippen LogP contribution is -2.53. The number of nitrogens with one attached hydrogen (secondary N) is 1. The van der Waals surface area contributed by atoms with Crippen molar-refractivity contribution in [1.82, 2.24) is 10.2 Å². The van der Waals surface area contributed by atoms with Crippen molar-refractivity contribution in [1.29, 1.82) is 0 Å². The largest absolute Gasteiger partial charge is 0.396 e. The zero-order chi connectivity index (χ0) is 15.1. The highest BCUT2D eigenvalue weighted by atomic mass is 19.1. The van der Waals surface area contributed by atoms with Gasteiger partial charge in [0.05, 0.1) is 13.2 Å². The normalized spacial score (nSPS) is 19.4. The molecule has 1 aliphatic rings. The Kier molecular flexibility index (Phi) is 6.10. The highest BCUT2D eigenvalue weighted by Crippen LogP contribution is 2.09. The first kappa shape index (κ1) is 15.9. The maximum Gasteiger partial charge on any atom is 0.240 e. The minimum Gasteiger partial charge on any atom is -0.396 e. The first-order valence-corrected chi connectivity index (χ1v) is 7.15. The van der Waals surface area contributed by atoms with Gasteiger partial charge in [0, 0.05) is 26.2 Å². The minimum absolute atomic E-state index is 0.100. The summed E-state index contributed by atoms with van der Waals surface area (Å²) < 4.78 is 18.2. The van der Waals surface area contributed by atoms with E-state index in [1.54, 1.807) is 12.1 Å². The molecule has 0 aliphatic carbocycles. The molecule has 1 atom stereocenters. The van der Waals surface area contributed by atoms with Crippen molar-refractivity contribution < 1.29 is 19.0 Å². The van der Waals surface area contributed by atoms with Gasteiger partial charge in [-0.05, 0) is 24.1 Å². The lowest BCUT2D eigenvalue weighted by atomic mass is 10.1. The van der Waals surface area contributed by atoms with E-state index >= 15 is 0 Å². The number of amides is 1. The van der Waals surface area contributed by atoms with Crippen LogP contribution in [-0.4, -0.2) is 54.9 Å². The van der Waals surface area contributed by atoms with E-state index in [1.807, 2.05) is 4.90 Å². The Morgan fingerprint density at radius 3 is 2.90 bits per heavy atom. The number of morpholine rings is 1. The van der Waals surface area contributed by atoms with E-state index in [-0.39, 0.29) is 24.4 Å². The quantitative estimate of drug-likeness (QED) is 0.804. The lowest BCUT2D eigenvalue weighted by molar-refractivity contribution is -0.132. The Morgan fingerprint density at radius 1 is 1.43 bits per heavy atom. The molecule has 0 saturated carbocycles. The number of nitrogens with zero attached hydrogens (tertiary/aromatic N) is 1. The van der Waals surface area contributed by atoms with Gasteiger partial charge in [-0.25, -0.2) is 4.39 Å². The number of carbonyl (C=O) groups is 1. The second-order valence-electron chi connectivity index (χ2n) is 5.05. The molecule has 2 N–H and O–H groups in total. The molecule has 1 aromatic rings. The van der Waals surface area contributed by atoms with Gasteiger partial charge < -0.3 is 15.2 Å². The highest BCUT2D eigenvalue weighted by molar-refractivity contribution is 5.82. The topological polar surface area (TPSA) is 61.8 Å². The van der Waals surface area contributed by atoms with Gasteiger partial charge >= 0.3 is 0 Å². The average molecular weight is 296 g/mol. The fraction of sp³-hybridized carbons (Fsp3) is 0.533. The highest BCUT2D eigenvalue weighted by Gasteiger charge is 2.28. The average Bonchev–Trinajstić information content (AvgIpc) is 2.52. The smallest absolute Gasteiger partial charge is 0.240 e. The number of carbonyl (C=O) groups excluding carboxylic acids is 1. The van der Waals surface area contributed by atoms with E-state index in [9.17, 15) is 9.18 Å². The van der Waals surface area contributed by atoms with Gasteiger partial charge in [0.15, 0.2) is 0 Å². The summed E-state index contributed by atoms with van der Waals surface area (Å²) in [6, 6.07) is 5.72. The molecular formula is C15H21FN2O3. The summed E-state index contributed by atoms with van der Waals surface area (Å²) >= 11 is 0. The maximum atomic E-state index is 12.8. The summed E-state index contributed by atoms with van der Waals surface area (Å²) in [5, 5.41) is 11.8. The molecular weight excluding hydrogens is 275 g/mol. The molecule has 0 radical (unpaired) electrons. The van der Waals surface area contributed by atoms with Crippen LogP contribution in [0.2, 0.25) is 0 Å². The summed E-state index contributed by atoms with van der Waals surface area (Å²) in [4.78, 5) is 14.3. The Bertz CT molecular complexity index is 453. The minimum atomic E-state index is -0.328. The third kappa shape index (κ3) is 4.77. The summed E-state index contributed by atoms with van der Waals surface area (Å²) in [6.07, 6.45) is 0.641. The van der Waals surface area contributed by atoms with Crippen LogP contribution in [0.1, 0.15) is 12.0 Å². The van der Waals surface area contributed by atoms with Gasteiger partial charge in [0.2, 0.25) is 5.91 Å². The first-order chi connectivity index (χ1) is 10.2. The zero-order valence-corrected chi connectivity index (χ0v) is 11.9. The molecule has 1 saturated heterocycles. The van der Waals surface area contributed by atoms with Gasteiger partial charge in [-0.2, -0.15) is 0 Å². The molecule has 6 heteroatoms. The van der Waals surface area contributed by atoms with Crippen molar-refractivity contribution in [2.75, 3.05) is 32.9 Å². The summed E-state index contributed by atoms with van der Waals surface area (Å²) in [5.41, 5.74) is 0.850. The Morgan fingerprint density at radius 2 is 2.19 bits per heavy atom. The number of aliphatic hydroxyl groups is 1. The molecule has 1 heterocycles. The summed E-state index contributed by atoms with van der Waals surface area (Å²) in [7, 11) is 0. The van der Waals surface area contributed by atoms with Gasteiger partial charge in [0.25, 0.3) is 0 Å². The monoisotopic (exact) mass is 296 g/mol. The van der Waals surface area contributed by atoms with Gasteiger partial charge in [-0.3, -0.25) is 9.69 Å². The van der Waals surface area contributed by atoms with Crippen LogP contribution in [0.15, 0.2) is 24.3 Å². The fourth-order valence-corrected chi connectivity index (χ4v) is 2.33. The maximum absolute atomic E-state index is 12.8. The van der Waals surface area contributed by atoms with Crippen molar-refractivity contribution in [3.8, 4) is 0 Å². The van der Waals surface area contributed by atoms with Crippen LogP contribution < -0.4 is 5.32 Å². The van der Waals surface area contributed by atoms with Crippen LogP contribution in [0.3, 0.4) is 0 Å². The van der Waals surface area contributed by atoms with E-state index in [0.29, 0.717) is 39.3 Å². The molecule has 1 amide bonds. The third-order valence-electron chi connectivity index (χ3n) is 3.53. The number of aliphatic hydroxyl groups excluding tert-OH is 1. The molecule has 0 bridgehead atoms. The van der Waals surface area contributed by atoms with E-state index in [1.165, 1.54) is 12.1 Å². The number of hydrogen-bond acceptors (Lipinski definition) is 4. The Hall–Kier alpha value is -1.50. The zero-order valence-electron chi connectivity index (χ0n) is 11.9. The summed E-state index contributed by atoms with van der Waals surface area (Å²) in [6.45, 7) is 2.81. The SMILES string of the molecule is O=C(NCc1ccc(F)cc1)C1COCCN1CCCO. The van der Waals surface area contributed by atoms with Gasteiger partial charge in [-0.15, -0.1) is 0 Å². The van der Waals surface area contributed by atoms with Crippen LogP contribution in [0.4, 0.5) is 4.39 Å². The first-order valence-electron chi connectivity index (χ1n) is 7.15. The molecule has 5 nitrogen and oxygen atoms in total. The predicted octanol–water partition coefficient (Wildman–Crippen LogP) is 0.525. The van der Waals surface area contributed by atoms with Crippen LogP contribution in [0.25, 0.3) is 0 Å². The van der Waals surface area contributed by atoms with Crippen molar-refractivity contribution in [3.63, 3.8) is 0 Å². The number of halogens is 1. The third-order valence-corrected chi connectivity index (χ3v) is 3.53. The van der Waals surface area contributed by atoms with Crippen molar-refractivity contribution in [2.24, 2.45) is 0 Å². The fourth-order valence-electron chi connectivity index (χ4n) is 2.33. The van der Waals surface area contributed by atoms with Gasteiger partial charge in [-0.1, -0.05) is 12.1 Å².